The molecule has 9 nitrogen and oxygen atoms in total. The minimum Gasteiger partial charge on any atom is -0.495 e. The lowest BCUT2D eigenvalue weighted by atomic mass is 10.1. The fourth-order valence-electron chi connectivity index (χ4n) is 3.94. The summed E-state index contributed by atoms with van der Waals surface area (Å²) in [6, 6.07) is 3.98. The predicted octanol–water partition coefficient (Wildman–Crippen LogP) is 2.03. The van der Waals surface area contributed by atoms with Crippen LogP contribution in [0.1, 0.15) is 21.5 Å². The van der Waals surface area contributed by atoms with Crippen LogP contribution in [0.3, 0.4) is 0 Å². The number of hydrogen-bond donors (Lipinski definition) is 2. The highest BCUT2D eigenvalue weighted by molar-refractivity contribution is 6.10. The van der Waals surface area contributed by atoms with E-state index in [1.54, 1.807) is 13.3 Å². The first kappa shape index (κ1) is 18.6. The molecular weight excluding hydrogens is 382 g/mol. The van der Waals surface area contributed by atoms with Crippen LogP contribution in [0.4, 0.5) is 11.5 Å². The number of hydrogen-bond acceptors (Lipinski definition) is 7. The SMILES string of the molecule is COc1cc2c(cc1Nc1ncnc3[nH]cc(C(=O)N4CCN(C)CC4)c13)C=NC2. The van der Waals surface area contributed by atoms with Crippen LogP contribution >= 0.6 is 0 Å². The van der Waals surface area contributed by atoms with Crippen molar-refractivity contribution in [2.24, 2.45) is 4.99 Å². The van der Waals surface area contributed by atoms with E-state index >= 15 is 0 Å². The third kappa shape index (κ3) is 3.17. The van der Waals surface area contributed by atoms with Crippen LogP contribution in [-0.2, 0) is 6.54 Å². The number of piperazine rings is 1. The van der Waals surface area contributed by atoms with Gasteiger partial charge in [0.1, 0.15) is 23.5 Å². The summed E-state index contributed by atoms with van der Waals surface area (Å²) in [5.41, 5.74) is 4.12. The number of carbonyl (C=O) groups excluding carboxylic acids is 1. The molecule has 9 heteroatoms. The molecule has 1 aromatic carbocycles. The van der Waals surface area contributed by atoms with E-state index in [1.807, 2.05) is 23.2 Å². The standard InChI is InChI=1S/C21H23N7O2/c1-27-3-5-28(6-4-27)21(29)15-11-23-19-18(15)20(25-12-24-19)26-16-7-13-9-22-10-14(13)8-17(16)30-2/h7-9,11-12H,3-6,10H2,1-2H3,(H2,23,24,25,26). The van der Waals surface area contributed by atoms with Crippen molar-refractivity contribution in [3.8, 4) is 5.75 Å². The van der Waals surface area contributed by atoms with Crippen molar-refractivity contribution in [1.29, 1.82) is 0 Å². The number of aliphatic imine (C=N–C) groups is 1. The fourth-order valence-corrected chi connectivity index (χ4v) is 3.94. The quantitative estimate of drug-likeness (QED) is 0.689. The molecule has 1 fully saturated rings. The van der Waals surface area contributed by atoms with Gasteiger partial charge >= 0.3 is 0 Å². The molecule has 0 unspecified atom stereocenters. The summed E-state index contributed by atoms with van der Waals surface area (Å²) in [5, 5.41) is 4.03. The number of nitrogens with zero attached hydrogens (tertiary/aromatic N) is 5. The summed E-state index contributed by atoms with van der Waals surface area (Å²) in [5.74, 6) is 1.25. The summed E-state index contributed by atoms with van der Waals surface area (Å²) >= 11 is 0. The predicted molar refractivity (Wildman–Crippen MR) is 115 cm³/mol. The lowest BCUT2D eigenvalue weighted by molar-refractivity contribution is 0.0666. The molecule has 0 spiro atoms. The van der Waals surface area contributed by atoms with Crippen LogP contribution in [0.5, 0.6) is 5.75 Å². The molecule has 154 valence electrons. The lowest BCUT2D eigenvalue weighted by Crippen LogP contribution is -2.47. The van der Waals surface area contributed by atoms with Gasteiger partial charge in [-0.25, -0.2) is 9.97 Å². The average Bonchev–Trinajstić information content (AvgIpc) is 3.40. The molecular formula is C21H23N7O2. The Morgan fingerprint density at radius 3 is 2.83 bits per heavy atom. The van der Waals surface area contributed by atoms with Gasteiger partial charge in [-0.3, -0.25) is 9.79 Å². The topological polar surface area (TPSA) is 98.7 Å². The van der Waals surface area contributed by atoms with E-state index in [0.29, 0.717) is 47.8 Å². The van der Waals surface area contributed by atoms with Crippen LogP contribution in [0.15, 0.2) is 29.6 Å². The van der Waals surface area contributed by atoms with Crippen LogP contribution in [0.2, 0.25) is 0 Å². The summed E-state index contributed by atoms with van der Waals surface area (Å²) in [7, 11) is 3.70. The molecule has 2 N–H and O–H groups in total. The van der Waals surface area contributed by atoms with E-state index in [9.17, 15) is 4.79 Å². The van der Waals surface area contributed by atoms with E-state index in [2.05, 4.69) is 37.2 Å². The van der Waals surface area contributed by atoms with Crippen molar-refractivity contribution in [3.63, 3.8) is 0 Å². The van der Waals surface area contributed by atoms with Gasteiger partial charge in [-0.15, -0.1) is 0 Å². The van der Waals surface area contributed by atoms with Gasteiger partial charge in [0.05, 0.1) is 30.3 Å². The van der Waals surface area contributed by atoms with E-state index in [4.69, 9.17) is 4.74 Å². The lowest BCUT2D eigenvalue weighted by Gasteiger charge is -2.32. The molecule has 0 saturated carbocycles. The molecule has 1 saturated heterocycles. The second-order valence-corrected chi connectivity index (χ2v) is 7.59. The number of likely N-dealkylation sites (N-methyl/N-ethyl adjacent to an activating group) is 1. The summed E-state index contributed by atoms with van der Waals surface area (Å²) in [6.07, 6.45) is 5.05. The summed E-state index contributed by atoms with van der Waals surface area (Å²) < 4.78 is 5.57. The maximum absolute atomic E-state index is 13.2. The number of anilines is 2. The Balaban J connectivity index is 1.52. The first-order valence-corrected chi connectivity index (χ1v) is 9.91. The van der Waals surface area contributed by atoms with E-state index in [1.165, 1.54) is 6.33 Å². The normalized spacial score (nSPS) is 16.1. The average molecular weight is 405 g/mol. The van der Waals surface area contributed by atoms with E-state index < -0.39 is 0 Å². The van der Waals surface area contributed by atoms with Crippen molar-refractivity contribution in [1.82, 2.24) is 24.8 Å². The minimum absolute atomic E-state index is 0.0137. The number of benzene rings is 1. The number of nitrogens with one attached hydrogen (secondary N) is 2. The van der Waals surface area contributed by atoms with Crippen LogP contribution < -0.4 is 10.1 Å². The molecule has 3 aromatic rings. The Hall–Kier alpha value is -3.46. The Labute approximate surface area is 173 Å². The Morgan fingerprint density at radius 1 is 1.20 bits per heavy atom. The van der Waals surface area contributed by atoms with Crippen LogP contribution in [0, 0.1) is 0 Å². The smallest absolute Gasteiger partial charge is 0.256 e. The number of carbonyl (C=O) groups is 1. The van der Waals surface area contributed by atoms with Gasteiger partial charge in [0, 0.05) is 38.6 Å². The van der Waals surface area contributed by atoms with Gasteiger partial charge < -0.3 is 24.8 Å². The first-order chi connectivity index (χ1) is 14.6. The zero-order valence-electron chi connectivity index (χ0n) is 17.0. The van der Waals surface area contributed by atoms with Crippen molar-refractivity contribution in [3.05, 3.63) is 41.3 Å². The number of rotatable bonds is 4. The van der Waals surface area contributed by atoms with Crippen molar-refractivity contribution in [2.45, 2.75) is 6.54 Å². The highest BCUT2D eigenvalue weighted by atomic mass is 16.5. The number of amides is 1. The third-order valence-corrected chi connectivity index (χ3v) is 5.70. The molecule has 5 rings (SSSR count). The van der Waals surface area contributed by atoms with Crippen LogP contribution in [0.25, 0.3) is 11.0 Å². The van der Waals surface area contributed by atoms with E-state index in [0.717, 1.165) is 29.9 Å². The Kier molecular flexibility index (Phi) is 4.59. The third-order valence-electron chi connectivity index (χ3n) is 5.70. The van der Waals surface area contributed by atoms with Gasteiger partial charge in [-0.1, -0.05) is 0 Å². The second-order valence-electron chi connectivity index (χ2n) is 7.59. The number of H-pyrrole nitrogens is 1. The van der Waals surface area contributed by atoms with Gasteiger partial charge in [-0.05, 0) is 30.3 Å². The fraction of sp³-hybridized carbons (Fsp3) is 0.333. The molecule has 1 amide bonds. The number of ether oxygens (including phenoxy) is 1. The number of aromatic nitrogens is 3. The Bertz CT molecular complexity index is 1150. The maximum atomic E-state index is 13.2. The second kappa shape index (κ2) is 7.42. The van der Waals surface area contributed by atoms with Gasteiger partial charge in [-0.2, -0.15) is 0 Å². The van der Waals surface area contributed by atoms with Crippen molar-refractivity contribution >= 4 is 34.7 Å². The zero-order chi connectivity index (χ0) is 20.7. The first-order valence-electron chi connectivity index (χ1n) is 9.91. The molecule has 4 heterocycles. The minimum atomic E-state index is -0.0137. The molecule has 0 atom stereocenters. The van der Waals surface area contributed by atoms with Gasteiger partial charge in [0.2, 0.25) is 0 Å². The summed E-state index contributed by atoms with van der Waals surface area (Å²) in [4.78, 5) is 33.5. The molecule has 0 bridgehead atoms. The van der Waals surface area contributed by atoms with Crippen molar-refractivity contribution in [2.75, 3.05) is 45.7 Å². The number of aromatic amines is 1. The monoisotopic (exact) mass is 405 g/mol. The molecule has 2 aromatic heterocycles. The number of methoxy groups -OCH3 is 1. The van der Waals surface area contributed by atoms with E-state index in [-0.39, 0.29) is 5.91 Å². The van der Waals surface area contributed by atoms with Gasteiger partial charge in [0.25, 0.3) is 5.91 Å². The molecule has 0 radical (unpaired) electrons. The highest BCUT2D eigenvalue weighted by Crippen LogP contribution is 2.34. The molecule has 30 heavy (non-hydrogen) atoms. The largest absolute Gasteiger partial charge is 0.495 e. The van der Waals surface area contributed by atoms with Crippen molar-refractivity contribution < 1.29 is 9.53 Å². The Morgan fingerprint density at radius 2 is 2.03 bits per heavy atom. The van der Waals surface area contributed by atoms with Gasteiger partial charge in [0.15, 0.2) is 0 Å². The molecule has 2 aliphatic heterocycles. The molecule has 2 aliphatic rings. The molecule has 0 aliphatic carbocycles. The number of fused-ring (bicyclic) bond motifs is 2. The summed E-state index contributed by atoms with van der Waals surface area (Å²) in [6.45, 7) is 3.80. The zero-order valence-corrected chi connectivity index (χ0v) is 17.0. The maximum Gasteiger partial charge on any atom is 0.256 e. The van der Waals surface area contributed by atoms with Crippen LogP contribution in [-0.4, -0.2) is 77.2 Å². The highest BCUT2D eigenvalue weighted by Gasteiger charge is 2.25.